The number of methoxy groups -OCH3 is 1. The van der Waals surface area contributed by atoms with Crippen molar-refractivity contribution in [3.05, 3.63) is 77.2 Å². The van der Waals surface area contributed by atoms with Crippen LogP contribution in [-0.2, 0) is 13.0 Å². The summed E-state index contributed by atoms with van der Waals surface area (Å²) in [6.07, 6.45) is 3.59. The van der Waals surface area contributed by atoms with Crippen LogP contribution < -0.4 is 15.8 Å². The van der Waals surface area contributed by atoms with E-state index in [2.05, 4.69) is 15.3 Å². The maximum absolute atomic E-state index is 12.7. The van der Waals surface area contributed by atoms with Crippen LogP contribution in [0, 0.1) is 6.92 Å². The lowest BCUT2D eigenvalue weighted by atomic mass is 10.0. The van der Waals surface area contributed by atoms with Gasteiger partial charge in [0.25, 0.3) is 0 Å². The molecule has 0 aliphatic carbocycles. The average Bonchev–Trinajstić information content (AvgIpc) is 2.67. The fraction of sp³-hybridized carbons (Fsp3) is 0.190. The van der Waals surface area contributed by atoms with Gasteiger partial charge < -0.3 is 15.8 Å². The van der Waals surface area contributed by atoms with Gasteiger partial charge in [-0.25, -0.2) is 9.97 Å². The predicted octanol–water partition coefficient (Wildman–Crippen LogP) is 3.41. The number of carbonyl (C=O) groups excluding carboxylic acids is 1. The number of benzene rings is 1. The van der Waals surface area contributed by atoms with Crippen LogP contribution in [-0.4, -0.2) is 22.9 Å². The molecule has 1 aromatic carbocycles. The summed E-state index contributed by atoms with van der Waals surface area (Å²) in [5.74, 6) is 0.889. The lowest BCUT2D eigenvalue weighted by Gasteiger charge is -2.10. The van der Waals surface area contributed by atoms with Gasteiger partial charge in [0, 0.05) is 25.4 Å². The molecule has 0 radical (unpaired) electrons. The molecular weight excluding hydrogens is 340 g/mol. The molecule has 0 amide bonds. The van der Waals surface area contributed by atoms with Gasteiger partial charge in [0.1, 0.15) is 17.3 Å². The molecule has 0 aliphatic heterocycles. The first-order valence-corrected chi connectivity index (χ1v) is 8.63. The summed E-state index contributed by atoms with van der Waals surface area (Å²) in [4.78, 5) is 21.0. The highest BCUT2D eigenvalue weighted by atomic mass is 16.5. The van der Waals surface area contributed by atoms with Crippen molar-refractivity contribution in [2.45, 2.75) is 19.9 Å². The van der Waals surface area contributed by atoms with Crippen molar-refractivity contribution >= 4 is 17.3 Å². The zero-order valence-corrected chi connectivity index (χ0v) is 15.4. The lowest BCUT2D eigenvalue weighted by Crippen LogP contribution is -2.09. The smallest absolute Gasteiger partial charge is 0.189 e. The highest BCUT2D eigenvalue weighted by Crippen LogP contribution is 2.20. The first-order chi connectivity index (χ1) is 13.1. The number of nitrogens with one attached hydrogen (secondary N) is 1. The fourth-order valence-corrected chi connectivity index (χ4v) is 2.79. The molecule has 0 saturated carbocycles. The van der Waals surface area contributed by atoms with E-state index >= 15 is 0 Å². The van der Waals surface area contributed by atoms with Crippen LogP contribution in [0.2, 0.25) is 0 Å². The second-order valence-electron chi connectivity index (χ2n) is 6.27. The Morgan fingerprint density at radius 2 is 1.96 bits per heavy atom. The van der Waals surface area contributed by atoms with E-state index in [0.717, 1.165) is 22.4 Å². The second kappa shape index (κ2) is 8.31. The van der Waals surface area contributed by atoms with E-state index in [1.54, 1.807) is 19.5 Å². The molecule has 0 fully saturated rings. The molecular formula is C21H22N4O2. The third-order valence-electron chi connectivity index (χ3n) is 4.15. The molecule has 0 saturated heterocycles. The molecule has 0 atom stereocenters. The SMILES string of the molecule is COc1cc(C)cnc1C(=O)Cc1cccc(CNc2cccnc2N)c1. The summed E-state index contributed by atoms with van der Waals surface area (Å²) in [5, 5.41) is 3.26. The van der Waals surface area contributed by atoms with E-state index in [0.29, 0.717) is 23.8 Å². The van der Waals surface area contributed by atoms with Gasteiger partial charge in [-0.3, -0.25) is 4.79 Å². The number of anilines is 2. The Balaban J connectivity index is 1.70. The van der Waals surface area contributed by atoms with Gasteiger partial charge in [-0.1, -0.05) is 24.3 Å². The van der Waals surface area contributed by atoms with Crippen LogP contribution in [0.4, 0.5) is 11.5 Å². The van der Waals surface area contributed by atoms with E-state index in [1.807, 2.05) is 49.4 Å². The minimum absolute atomic E-state index is 0.0755. The number of hydrogen-bond donors (Lipinski definition) is 2. The molecule has 0 bridgehead atoms. The number of rotatable bonds is 7. The second-order valence-corrected chi connectivity index (χ2v) is 6.27. The van der Waals surface area contributed by atoms with Crippen molar-refractivity contribution in [3.8, 4) is 5.75 Å². The van der Waals surface area contributed by atoms with Crippen molar-refractivity contribution in [3.63, 3.8) is 0 Å². The van der Waals surface area contributed by atoms with Gasteiger partial charge >= 0.3 is 0 Å². The first kappa shape index (κ1) is 18.4. The number of Topliss-reactive ketones (excluding diaryl/α,β-unsaturated/α-hetero) is 1. The van der Waals surface area contributed by atoms with Crippen LogP contribution in [0.1, 0.15) is 27.2 Å². The number of nitrogens with two attached hydrogens (primary N) is 1. The topological polar surface area (TPSA) is 90.1 Å². The number of aryl methyl sites for hydroxylation is 1. The number of nitrogens with zero attached hydrogens (tertiary/aromatic N) is 2. The third kappa shape index (κ3) is 4.61. The Labute approximate surface area is 158 Å². The van der Waals surface area contributed by atoms with Crippen LogP contribution >= 0.6 is 0 Å². The molecule has 6 heteroatoms. The van der Waals surface area contributed by atoms with Crippen LogP contribution in [0.3, 0.4) is 0 Å². The van der Waals surface area contributed by atoms with E-state index in [4.69, 9.17) is 10.5 Å². The number of ketones is 1. The van der Waals surface area contributed by atoms with Gasteiger partial charge in [0.2, 0.25) is 0 Å². The number of carbonyl (C=O) groups is 1. The number of aromatic nitrogens is 2. The number of nitrogen functional groups attached to an aromatic ring is 1. The Bertz CT molecular complexity index is 956. The van der Waals surface area contributed by atoms with Crippen molar-refractivity contribution in [2.75, 3.05) is 18.2 Å². The van der Waals surface area contributed by atoms with Crippen molar-refractivity contribution in [2.24, 2.45) is 0 Å². The molecule has 3 rings (SSSR count). The van der Waals surface area contributed by atoms with E-state index < -0.39 is 0 Å². The Morgan fingerprint density at radius 3 is 2.74 bits per heavy atom. The predicted molar refractivity (Wildman–Crippen MR) is 106 cm³/mol. The van der Waals surface area contributed by atoms with Crippen molar-refractivity contribution in [1.82, 2.24) is 9.97 Å². The number of hydrogen-bond acceptors (Lipinski definition) is 6. The largest absolute Gasteiger partial charge is 0.494 e. The zero-order valence-electron chi connectivity index (χ0n) is 15.4. The van der Waals surface area contributed by atoms with Gasteiger partial charge in [-0.15, -0.1) is 0 Å². The molecule has 6 nitrogen and oxygen atoms in total. The minimum Gasteiger partial charge on any atom is -0.494 e. The maximum atomic E-state index is 12.7. The molecule has 138 valence electrons. The molecule has 0 spiro atoms. The van der Waals surface area contributed by atoms with Crippen molar-refractivity contribution in [1.29, 1.82) is 0 Å². The summed E-state index contributed by atoms with van der Waals surface area (Å²) in [6, 6.07) is 13.4. The summed E-state index contributed by atoms with van der Waals surface area (Å²) in [6.45, 7) is 2.50. The van der Waals surface area contributed by atoms with Gasteiger partial charge in [-0.05, 0) is 41.8 Å². The van der Waals surface area contributed by atoms with Gasteiger partial charge in [0.05, 0.1) is 12.8 Å². The monoisotopic (exact) mass is 362 g/mol. The summed E-state index contributed by atoms with van der Waals surface area (Å²) in [5.41, 5.74) is 9.90. The maximum Gasteiger partial charge on any atom is 0.189 e. The lowest BCUT2D eigenvalue weighted by molar-refractivity contribution is 0.0985. The van der Waals surface area contributed by atoms with E-state index in [1.165, 1.54) is 0 Å². The summed E-state index contributed by atoms with van der Waals surface area (Å²) in [7, 11) is 1.55. The Kier molecular flexibility index (Phi) is 5.66. The molecule has 27 heavy (non-hydrogen) atoms. The van der Waals surface area contributed by atoms with Gasteiger partial charge in [-0.2, -0.15) is 0 Å². The average molecular weight is 362 g/mol. The molecule has 3 N–H and O–H groups in total. The highest BCUT2D eigenvalue weighted by Gasteiger charge is 2.15. The Hall–Kier alpha value is -3.41. The van der Waals surface area contributed by atoms with E-state index in [-0.39, 0.29) is 12.2 Å². The molecule has 2 aromatic heterocycles. The molecule has 0 aliphatic rings. The standard InChI is InChI=1S/C21H22N4O2/c1-14-9-19(27-2)20(25-12-14)18(26)11-15-5-3-6-16(10-15)13-24-17-7-4-8-23-21(17)22/h3-10,12,24H,11,13H2,1-2H3,(H2,22,23). The summed E-state index contributed by atoms with van der Waals surface area (Å²) >= 11 is 0. The van der Waals surface area contributed by atoms with Gasteiger partial charge in [0.15, 0.2) is 5.78 Å². The van der Waals surface area contributed by atoms with Crippen LogP contribution in [0.25, 0.3) is 0 Å². The normalized spacial score (nSPS) is 10.4. The third-order valence-corrected chi connectivity index (χ3v) is 4.15. The molecule has 0 unspecified atom stereocenters. The minimum atomic E-state index is -0.0755. The molecule has 2 heterocycles. The Morgan fingerprint density at radius 1 is 1.15 bits per heavy atom. The summed E-state index contributed by atoms with van der Waals surface area (Å²) < 4.78 is 5.30. The van der Waals surface area contributed by atoms with Crippen LogP contribution in [0.5, 0.6) is 5.75 Å². The van der Waals surface area contributed by atoms with Crippen LogP contribution in [0.15, 0.2) is 54.9 Å². The molecule has 3 aromatic rings. The number of pyridine rings is 2. The quantitative estimate of drug-likeness (QED) is 0.626. The van der Waals surface area contributed by atoms with E-state index in [9.17, 15) is 4.79 Å². The first-order valence-electron chi connectivity index (χ1n) is 8.63. The number of ether oxygens (including phenoxy) is 1. The van der Waals surface area contributed by atoms with Crippen molar-refractivity contribution < 1.29 is 9.53 Å². The fourth-order valence-electron chi connectivity index (χ4n) is 2.79. The highest BCUT2D eigenvalue weighted by molar-refractivity contribution is 5.98. The zero-order chi connectivity index (χ0) is 19.2.